The smallest absolute Gasteiger partial charge is 0.320 e. The number of nitrogens with one attached hydrogen (secondary N) is 1. The molecule has 0 saturated carbocycles. The summed E-state index contributed by atoms with van der Waals surface area (Å²) >= 11 is 0. The molecule has 2 aromatic heterocycles. The summed E-state index contributed by atoms with van der Waals surface area (Å²) in [7, 11) is 1.91. The molecule has 13 heteroatoms. The van der Waals surface area contributed by atoms with Crippen LogP contribution >= 0.6 is 0 Å². The lowest BCUT2D eigenvalue weighted by molar-refractivity contribution is -0.138. The van der Waals surface area contributed by atoms with Gasteiger partial charge in [-0.15, -0.1) is 0 Å². The number of pyridine rings is 1. The predicted octanol–water partition coefficient (Wildman–Crippen LogP) is 1.35. The van der Waals surface area contributed by atoms with Crippen molar-refractivity contribution in [1.82, 2.24) is 15.0 Å². The molecule has 12 nitrogen and oxygen atoms in total. The van der Waals surface area contributed by atoms with Crippen LogP contribution in [0.15, 0.2) is 34.5 Å². The number of benzene rings is 1. The minimum Gasteiger partial charge on any atom is -0.497 e. The van der Waals surface area contributed by atoms with E-state index < -0.39 is 22.8 Å². The Labute approximate surface area is 211 Å². The van der Waals surface area contributed by atoms with Gasteiger partial charge in [0.25, 0.3) is 0 Å². The monoisotopic (exact) mass is 519 g/mol. The number of carbonyl (C=O) groups is 1. The third-order valence-corrected chi connectivity index (χ3v) is 6.35. The largest absolute Gasteiger partial charge is 0.497 e. The van der Waals surface area contributed by atoms with Gasteiger partial charge in [0.1, 0.15) is 17.5 Å². The van der Waals surface area contributed by atoms with Gasteiger partial charge in [-0.3, -0.25) is 19.0 Å². The van der Waals surface area contributed by atoms with Gasteiger partial charge < -0.3 is 36.8 Å². The zero-order valence-electron chi connectivity index (χ0n) is 20.8. The molecular formula is C23H33N7O5S. The van der Waals surface area contributed by atoms with E-state index in [1.54, 1.807) is 20.4 Å². The summed E-state index contributed by atoms with van der Waals surface area (Å²) in [6, 6.07) is 4.68. The molecule has 0 aliphatic carbocycles. The van der Waals surface area contributed by atoms with Crippen molar-refractivity contribution in [2.45, 2.75) is 43.6 Å². The molecule has 36 heavy (non-hydrogen) atoms. The van der Waals surface area contributed by atoms with E-state index in [9.17, 15) is 9.00 Å². The molecular weight excluding hydrogens is 486 g/mol. The average molecular weight is 520 g/mol. The van der Waals surface area contributed by atoms with E-state index in [-0.39, 0.29) is 11.7 Å². The number of guanidine groups is 1. The number of hydrogen-bond acceptors (Lipinski definition) is 8. The lowest BCUT2D eigenvalue weighted by atomic mass is 10.1. The molecule has 1 unspecified atom stereocenters. The van der Waals surface area contributed by atoms with E-state index in [0.29, 0.717) is 24.5 Å². The highest BCUT2D eigenvalue weighted by molar-refractivity contribution is 7.84. The Hall–Kier alpha value is -3.71. The van der Waals surface area contributed by atoms with Crippen molar-refractivity contribution in [3.8, 4) is 11.5 Å². The van der Waals surface area contributed by atoms with Gasteiger partial charge in [-0.1, -0.05) is 0 Å². The van der Waals surface area contributed by atoms with Gasteiger partial charge in [0.05, 0.1) is 47.5 Å². The van der Waals surface area contributed by atoms with Crippen molar-refractivity contribution in [2.24, 2.45) is 22.2 Å². The zero-order valence-corrected chi connectivity index (χ0v) is 21.6. The first kappa shape index (κ1) is 28.5. The maximum atomic E-state index is 12.7. The number of H-pyrrole nitrogens is 1. The molecule has 0 aliphatic heterocycles. The van der Waals surface area contributed by atoms with Crippen LogP contribution in [0.5, 0.6) is 11.5 Å². The summed E-state index contributed by atoms with van der Waals surface area (Å²) in [5.74, 6) is 0.800. The van der Waals surface area contributed by atoms with Gasteiger partial charge >= 0.3 is 5.97 Å². The third kappa shape index (κ3) is 7.92. The molecule has 1 aromatic carbocycles. The molecule has 0 aliphatic rings. The summed E-state index contributed by atoms with van der Waals surface area (Å²) in [5, 5.41) is 8.81. The highest BCUT2D eigenvalue weighted by atomic mass is 32.2. The van der Waals surface area contributed by atoms with Crippen LogP contribution in [0, 0.1) is 13.8 Å². The van der Waals surface area contributed by atoms with Crippen molar-refractivity contribution in [2.75, 3.05) is 20.8 Å². The summed E-state index contributed by atoms with van der Waals surface area (Å²) in [5.41, 5.74) is 19.5. The van der Waals surface area contributed by atoms with Crippen LogP contribution in [0.25, 0.3) is 11.0 Å². The van der Waals surface area contributed by atoms with Crippen molar-refractivity contribution < 1.29 is 23.6 Å². The number of nitrogens with two attached hydrogens (primary N) is 3. The van der Waals surface area contributed by atoms with Crippen molar-refractivity contribution >= 4 is 33.8 Å². The topological polar surface area (TPSA) is 205 Å². The number of methoxy groups -OCH3 is 2. The molecule has 0 bridgehead atoms. The van der Waals surface area contributed by atoms with Crippen LogP contribution < -0.4 is 26.7 Å². The number of fused-ring (bicyclic) bond motifs is 1. The number of aromatic nitrogens is 3. The number of aryl methyl sites for hydroxylation is 1. The maximum Gasteiger partial charge on any atom is 0.320 e. The summed E-state index contributed by atoms with van der Waals surface area (Å²) in [4.78, 5) is 25.8. The fourth-order valence-corrected chi connectivity index (χ4v) is 4.35. The number of aromatic amines is 1. The summed E-state index contributed by atoms with van der Waals surface area (Å²) in [6.07, 6.45) is 2.69. The lowest BCUT2D eigenvalue weighted by Crippen LogP contribution is -2.30. The van der Waals surface area contributed by atoms with E-state index in [1.807, 2.05) is 32.0 Å². The SMILES string of the molecule is COc1ccc2nc([S@@](=O)Cc3ncc(C)c(OC)c3C)[nH]c2c1.NC(N)=NCCCC(N)C(=O)O. The Morgan fingerprint density at radius 3 is 2.58 bits per heavy atom. The molecule has 2 atom stereocenters. The molecule has 0 radical (unpaired) electrons. The highest BCUT2D eigenvalue weighted by Crippen LogP contribution is 2.26. The quantitative estimate of drug-likeness (QED) is 0.148. The molecule has 0 amide bonds. The number of carboxylic acids is 1. The van der Waals surface area contributed by atoms with Gasteiger partial charge in [-0.25, -0.2) is 4.98 Å². The van der Waals surface area contributed by atoms with Gasteiger partial charge in [0.2, 0.25) is 0 Å². The van der Waals surface area contributed by atoms with E-state index in [0.717, 1.165) is 39.4 Å². The summed E-state index contributed by atoms with van der Waals surface area (Å²) < 4.78 is 23.3. The van der Waals surface area contributed by atoms with Gasteiger partial charge in [0, 0.05) is 29.9 Å². The molecule has 2 heterocycles. The first-order valence-electron chi connectivity index (χ1n) is 11.0. The first-order chi connectivity index (χ1) is 17.1. The molecule has 0 fully saturated rings. The number of rotatable bonds is 10. The third-order valence-electron chi connectivity index (χ3n) is 5.19. The van der Waals surface area contributed by atoms with E-state index in [2.05, 4.69) is 19.9 Å². The maximum absolute atomic E-state index is 12.7. The number of aliphatic imine (C=N–C) groups is 1. The molecule has 0 saturated heterocycles. The van der Waals surface area contributed by atoms with Crippen molar-refractivity contribution in [3.63, 3.8) is 0 Å². The number of nitrogens with zero attached hydrogens (tertiary/aromatic N) is 3. The van der Waals surface area contributed by atoms with Crippen LogP contribution in [0.4, 0.5) is 0 Å². The Balaban J connectivity index is 0.000000324. The Morgan fingerprint density at radius 2 is 1.97 bits per heavy atom. The molecule has 3 aromatic rings. The minimum absolute atomic E-state index is 0.0129. The number of hydrogen-bond donors (Lipinski definition) is 5. The van der Waals surface area contributed by atoms with Crippen LogP contribution in [-0.2, 0) is 21.3 Å². The normalized spacial score (nSPS) is 12.2. The second kappa shape index (κ2) is 13.4. The van der Waals surface area contributed by atoms with Crippen LogP contribution in [0.2, 0.25) is 0 Å². The second-order valence-corrected chi connectivity index (χ2v) is 9.22. The number of imidazole rings is 1. The lowest BCUT2D eigenvalue weighted by Gasteiger charge is -2.11. The second-order valence-electron chi connectivity index (χ2n) is 7.85. The number of aliphatic carboxylic acids is 1. The minimum atomic E-state index is -1.33. The Kier molecular flexibility index (Phi) is 10.6. The molecule has 3 rings (SSSR count). The fraction of sp³-hybridized carbons (Fsp3) is 0.391. The highest BCUT2D eigenvalue weighted by Gasteiger charge is 2.16. The van der Waals surface area contributed by atoms with E-state index in [4.69, 9.17) is 31.8 Å². The number of ether oxygens (including phenoxy) is 2. The predicted molar refractivity (Wildman–Crippen MR) is 139 cm³/mol. The zero-order chi connectivity index (χ0) is 26.8. The van der Waals surface area contributed by atoms with E-state index >= 15 is 0 Å². The Bertz CT molecular complexity index is 1240. The van der Waals surface area contributed by atoms with Crippen LogP contribution in [0.3, 0.4) is 0 Å². The standard InChI is InChI=1S/C17H19N3O3S.C6H14N4O2/c1-10-8-18-15(11(2)16(10)23-4)9-24(21)17-19-13-6-5-12(22-3)7-14(13)20-17;7-4(5(11)12)2-1-3-10-6(8)9/h5-8H,9H2,1-4H3,(H,19,20);4H,1-3,7H2,(H,11,12)(H4,8,9,10)/t24-;/m0./s1. The van der Waals surface area contributed by atoms with Crippen molar-refractivity contribution in [1.29, 1.82) is 0 Å². The van der Waals surface area contributed by atoms with E-state index in [1.165, 1.54) is 0 Å². The van der Waals surface area contributed by atoms with Crippen LogP contribution in [-0.4, -0.2) is 63.0 Å². The average Bonchev–Trinajstić information content (AvgIpc) is 3.27. The number of carboxylic acid groups (broad SMARTS) is 1. The molecule has 8 N–H and O–H groups in total. The molecule has 0 spiro atoms. The summed E-state index contributed by atoms with van der Waals surface area (Å²) in [6.45, 7) is 4.28. The fourth-order valence-electron chi connectivity index (χ4n) is 3.25. The Morgan fingerprint density at radius 1 is 1.25 bits per heavy atom. The van der Waals surface area contributed by atoms with Crippen molar-refractivity contribution in [3.05, 3.63) is 41.2 Å². The molecule has 196 valence electrons. The van der Waals surface area contributed by atoms with Gasteiger partial charge in [0.15, 0.2) is 11.1 Å². The van der Waals surface area contributed by atoms with Gasteiger partial charge in [-0.05, 0) is 38.8 Å². The first-order valence-corrected chi connectivity index (χ1v) is 12.3. The van der Waals surface area contributed by atoms with Crippen LogP contribution in [0.1, 0.15) is 29.7 Å². The van der Waals surface area contributed by atoms with Gasteiger partial charge in [-0.2, -0.15) is 0 Å².